The van der Waals surface area contributed by atoms with Crippen molar-refractivity contribution in [2.75, 3.05) is 106 Å². The molecule has 0 saturated carbocycles. The molecule has 11 nitrogen and oxygen atoms in total. The molecule has 0 aromatic heterocycles. The highest BCUT2D eigenvalue weighted by Crippen LogP contribution is 2.40. The van der Waals surface area contributed by atoms with E-state index in [2.05, 4.69) is 36.4 Å². The number of hydrogen-bond acceptors (Lipinski definition) is 11. The zero-order valence-corrected chi connectivity index (χ0v) is 32.0. The van der Waals surface area contributed by atoms with Gasteiger partial charge in [0.1, 0.15) is 5.60 Å². The Morgan fingerprint density at radius 2 is 0.685 bits per heavy atom. The number of hydrogen-bond donors (Lipinski definition) is 0. The molecule has 4 rings (SSSR count). The molecule has 0 radical (unpaired) electrons. The van der Waals surface area contributed by atoms with E-state index in [1.807, 2.05) is 61.5 Å². The van der Waals surface area contributed by atoms with Gasteiger partial charge in [0.15, 0.2) is 0 Å². The van der Waals surface area contributed by atoms with E-state index in [0.29, 0.717) is 92.5 Å². The third-order valence-corrected chi connectivity index (χ3v) is 9.42. The lowest BCUT2D eigenvalue weighted by Crippen LogP contribution is -2.34. The zero-order chi connectivity index (χ0) is 38.0. The minimum Gasteiger partial charge on any atom is -0.377 e. The molecule has 0 heterocycles. The van der Waals surface area contributed by atoms with E-state index in [-0.39, 0.29) is 18.1 Å². The van der Waals surface area contributed by atoms with E-state index in [1.54, 1.807) is 12.1 Å². The molecule has 0 aliphatic rings. The van der Waals surface area contributed by atoms with Crippen LogP contribution in [0.4, 0.5) is 0 Å². The summed E-state index contributed by atoms with van der Waals surface area (Å²) in [6.45, 7) is 8.05. The second kappa shape index (κ2) is 25.5. The first-order valence-corrected chi connectivity index (χ1v) is 19.7. The summed E-state index contributed by atoms with van der Waals surface area (Å²) in [6, 6.07) is 37.4. The Balaban J connectivity index is 0.924. The van der Waals surface area contributed by atoms with Crippen LogP contribution >= 0.6 is 0 Å². The van der Waals surface area contributed by atoms with Gasteiger partial charge in [-0.1, -0.05) is 109 Å². The standard InChI is InChI=1S/C42H54O11S/c1-37-17-19-41(20-18-37)54(43,44)53-36-34-51-32-30-49-28-26-47-24-22-45-21-23-46-25-27-48-29-31-50-33-35-52-42(38-11-5-2-6-12-38,39-13-7-3-8-14-39)40-15-9-4-10-16-40/h2-20H,21-36H2,1H3. The van der Waals surface area contributed by atoms with Gasteiger partial charge < -0.3 is 37.9 Å². The average Bonchev–Trinajstić information content (AvgIpc) is 3.20. The van der Waals surface area contributed by atoms with Gasteiger partial charge in [-0.25, -0.2) is 0 Å². The summed E-state index contributed by atoms with van der Waals surface area (Å²) in [6.07, 6.45) is 0. The lowest BCUT2D eigenvalue weighted by molar-refractivity contribution is -0.0397. The average molecular weight is 767 g/mol. The molecule has 0 atom stereocenters. The molecule has 294 valence electrons. The van der Waals surface area contributed by atoms with Gasteiger partial charge in [-0.2, -0.15) is 8.42 Å². The monoisotopic (exact) mass is 766 g/mol. The van der Waals surface area contributed by atoms with Crippen molar-refractivity contribution in [2.24, 2.45) is 0 Å². The Bertz CT molecular complexity index is 1530. The van der Waals surface area contributed by atoms with E-state index in [9.17, 15) is 8.42 Å². The molecule has 0 N–H and O–H groups in total. The van der Waals surface area contributed by atoms with Gasteiger partial charge in [-0.05, 0) is 35.7 Å². The number of rotatable bonds is 30. The highest BCUT2D eigenvalue weighted by Gasteiger charge is 2.37. The van der Waals surface area contributed by atoms with Crippen molar-refractivity contribution in [1.82, 2.24) is 0 Å². The summed E-state index contributed by atoms with van der Waals surface area (Å²) < 4.78 is 74.8. The molecule has 4 aromatic carbocycles. The predicted octanol–water partition coefficient (Wildman–Crippen LogP) is 5.83. The second-order valence-corrected chi connectivity index (χ2v) is 13.6. The van der Waals surface area contributed by atoms with Crippen molar-refractivity contribution < 1.29 is 50.5 Å². The third kappa shape index (κ3) is 15.3. The second-order valence-electron chi connectivity index (χ2n) is 12.0. The van der Waals surface area contributed by atoms with Crippen molar-refractivity contribution in [1.29, 1.82) is 0 Å². The Labute approximate surface area is 320 Å². The van der Waals surface area contributed by atoms with E-state index >= 15 is 0 Å². The van der Waals surface area contributed by atoms with Gasteiger partial charge >= 0.3 is 0 Å². The van der Waals surface area contributed by atoms with Crippen LogP contribution in [0.15, 0.2) is 120 Å². The summed E-state index contributed by atoms with van der Waals surface area (Å²) in [5, 5.41) is 0. The molecule has 54 heavy (non-hydrogen) atoms. The summed E-state index contributed by atoms with van der Waals surface area (Å²) >= 11 is 0. The van der Waals surface area contributed by atoms with Crippen molar-refractivity contribution in [3.63, 3.8) is 0 Å². The van der Waals surface area contributed by atoms with Gasteiger partial charge in [0.25, 0.3) is 10.1 Å². The molecule has 12 heteroatoms. The molecule has 0 spiro atoms. The highest BCUT2D eigenvalue weighted by molar-refractivity contribution is 7.86. The third-order valence-electron chi connectivity index (χ3n) is 8.10. The fourth-order valence-electron chi connectivity index (χ4n) is 5.42. The first-order chi connectivity index (χ1) is 26.5. The van der Waals surface area contributed by atoms with Crippen molar-refractivity contribution in [3.05, 3.63) is 138 Å². The van der Waals surface area contributed by atoms with Crippen LogP contribution in [-0.2, 0) is 57.8 Å². The first-order valence-electron chi connectivity index (χ1n) is 18.3. The van der Waals surface area contributed by atoms with Crippen LogP contribution < -0.4 is 0 Å². The van der Waals surface area contributed by atoms with Crippen LogP contribution in [0.25, 0.3) is 0 Å². The van der Waals surface area contributed by atoms with Gasteiger partial charge in [-0.3, -0.25) is 4.18 Å². The lowest BCUT2D eigenvalue weighted by Gasteiger charge is -2.36. The Morgan fingerprint density at radius 1 is 0.389 bits per heavy atom. The first kappa shape index (κ1) is 43.2. The quantitative estimate of drug-likeness (QED) is 0.0363. The molecule has 0 fully saturated rings. The Kier molecular flexibility index (Phi) is 20.4. The van der Waals surface area contributed by atoms with Gasteiger partial charge in [-0.15, -0.1) is 0 Å². The minimum absolute atomic E-state index is 0.0616. The Morgan fingerprint density at radius 3 is 1.02 bits per heavy atom. The number of benzene rings is 4. The topological polar surface area (TPSA) is 117 Å². The smallest absolute Gasteiger partial charge is 0.297 e. The van der Waals surface area contributed by atoms with Crippen LogP contribution in [0.2, 0.25) is 0 Å². The normalized spacial score (nSPS) is 11.9. The fourth-order valence-corrected chi connectivity index (χ4v) is 6.31. The predicted molar refractivity (Wildman–Crippen MR) is 205 cm³/mol. The molecule has 0 amide bonds. The fraction of sp³-hybridized carbons (Fsp3) is 0.429. The summed E-state index contributed by atoms with van der Waals surface area (Å²) in [7, 11) is -3.78. The van der Waals surface area contributed by atoms with Crippen LogP contribution in [0.3, 0.4) is 0 Å². The van der Waals surface area contributed by atoms with E-state index in [0.717, 1.165) is 22.3 Å². The SMILES string of the molecule is Cc1ccc(S(=O)(=O)OCCOCCOCCOCCOCCOCCOCCOCCOC(c2ccccc2)(c2ccccc2)c2ccccc2)cc1. The molecule has 0 aliphatic heterocycles. The van der Waals surface area contributed by atoms with E-state index in [1.165, 1.54) is 12.1 Å². The molecule has 0 unspecified atom stereocenters. The van der Waals surface area contributed by atoms with Crippen molar-refractivity contribution in [2.45, 2.75) is 17.4 Å². The van der Waals surface area contributed by atoms with Crippen LogP contribution in [0.1, 0.15) is 22.3 Å². The summed E-state index contributed by atoms with van der Waals surface area (Å²) in [5.41, 5.74) is 3.39. The molecule has 4 aromatic rings. The van der Waals surface area contributed by atoms with Gasteiger partial charge in [0.05, 0.1) is 111 Å². The number of ether oxygens (including phenoxy) is 8. The lowest BCUT2D eigenvalue weighted by atomic mass is 9.80. The maximum atomic E-state index is 12.1. The maximum Gasteiger partial charge on any atom is 0.297 e. The molecular weight excluding hydrogens is 713 g/mol. The molecule has 0 aliphatic carbocycles. The largest absolute Gasteiger partial charge is 0.377 e. The highest BCUT2D eigenvalue weighted by atomic mass is 32.2. The Hall–Kier alpha value is -3.53. The van der Waals surface area contributed by atoms with Gasteiger partial charge in [0, 0.05) is 0 Å². The van der Waals surface area contributed by atoms with Crippen LogP contribution in [0, 0.1) is 6.92 Å². The summed E-state index contributed by atoms with van der Waals surface area (Å²) in [5.74, 6) is 0. The molecule has 0 bridgehead atoms. The van der Waals surface area contributed by atoms with E-state index < -0.39 is 15.7 Å². The minimum atomic E-state index is -3.78. The van der Waals surface area contributed by atoms with Crippen LogP contribution in [0.5, 0.6) is 0 Å². The maximum absolute atomic E-state index is 12.1. The summed E-state index contributed by atoms with van der Waals surface area (Å²) in [4.78, 5) is 0.128. The van der Waals surface area contributed by atoms with Crippen molar-refractivity contribution in [3.8, 4) is 0 Å². The van der Waals surface area contributed by atoms with E-state index in [4.69, 9.17) is 42.1 Å². The number of aryl methyl sites for hydroxylation is 1. The van der Waals surface area contributed by atoms with Gasteiger partial charge in [0.2, 0.25) is 0 Å². The van der Waals surface area contributed by atoms with Crippen molar-refractivity contribution >= 4 is 10.1 Å². The van der Waals surface area contributed by atoms with Crippen LogP contribution in [-0.4, -0.2) is 114 Å². The molecular formula is C42H54O11S. The molecule has 0 saturated heterocycles. The zero-order valence-electron chi connectivity index (χ0n) is 31.2.